The van der Waals surface area contributed by atoms with Crippen molar-refractivity contribution < 1.29 is 16.8 Å². The van der Waals surface area contributed by atoms with Crippen LogP contribution in [0, 0.1) is 0 Å². The molecule has 0 saturated heterocycles. The molecular formula is C29H36N4O4S2. The van der Waals surface area contributed by atoms with Gasteiger partial charge in [0.05, 0.1) is 9.79 Å². The number of benzene rings is 4. The van der Waals surface area contributed by atoms with E-state index < -0.39 is 23.8 Å². The first-order valence-corrected chi connectivity index (χ1v) is 15.7. The summed E-state index contributed by atoms with van der Waals surface area (Å²) >= 11 is 0. The van der Waals surface area contributed by atoms with Gasteiger partial charge in [0.1, 0.15) is 0 Å². The molecule has 10 heteroatoms. The molecule has 39 heavy (non-hydrogen) atoms. The molecule has 0 aliphatic carbocycles. The Morgan fingerprint density at radius 2 is 0.897 bits per heavy atom. The van der Waals surface area contributed by atoms with E-state index in [-0.39, 0.29) is 35.7 Å². The summed E-state index contributed by atoms with van der Waals surface area (Å²) < 4.78 is 56.7. The molecule has 0 bridgehead atoms. The van der Waals surface area contributed by atoms with Gasteiger partial charge in [-0.25, -0.2) is 16.8 Å². The van der Waals surface area contributed by atoms with Gasteiger partial charge in [0, 0.05) is 61.1 Å². The van der Waals surface area contributed by atoms with E-state index in [9.17, 15) is 16.8 Å². The van der Waals surface area contributed by atoms with E-state index in [4.69, 9.17) is 11.5 Å². The van der Waals surface area contributed by atoms with E-state index in [2.05, 4.69) is 0 Å². The summed E-state index contributed by atoms with van der Waals surface area (Å²) in [5.74, 6) is 0. The van der Waals surface area contributed by atoms with Crippen LogP contribution in [0.2, 0.25) is 0 Å². The third-order valence-electron chi connectivity index (χ3n) is 7.29. The average molecular weight is 569 g/mol. The number of rotatable bonds is 10. The van der Waals surface area contributed by atoms with Crippen molar-refractivity contribution in [2.45, 2.75) is 26.7 Å². The SMILES string of the molecule is CN(C)c1cccc2c(S(=O)(=O)C(CCN)(CCN)S(=O)(=O)c3cccc4c(N(C)C)cccc34)cccc12. The summed E-state index contributed by atoms with van der Waals surface area (Å²) in [5.41, 5.74) is 13.6. The van der Waals surface area contributed by atoms with Crippen LogP contribution in [-0.2, 0) is 19.7 Å². The molecule has 0 radical (unpaired) electrons. The van der Waals surface area contributed by atoms with Gasteiger partial charge in [-0.2, -0.15) is 0 Å². The molecule has 4 rings (SSSR count). The van der Waals surface area contributed by atoms with Crippen molar-refractivity contribution in [3.8, 4) is 0 Å². The summed E-state index contributed by atoms with van der Waals surface area (Å²) in [5, 5.41) is 2.31. The van der Waals surface area contributed by atoms with Gasteiger partial charge >= 0.3 is 0 Å². The predicted molar refractivity (Wildman–Crippen MR) is 161 cm³/mol. The minimum atomic E-state index is -4.53. The maximum Gasteiger partial charge on any atom is 0.199 e. The Bertz CT molecular complexity index is 1600. The van der Waals surface area contributed by atoms with Crippen LogP contribution >= 0.6 is 0 Å². The number of nitrogens with zero attached hydrogens (tertiary/aromatic N) is 2. The number of hydrogen-bond donors (Lipinski definition) is 2. The molecule has 0 unspecified atom stereocenters. The van der Waals surface area contributed by atoms with Crippen LogP contribution in [0.3, 0.4) is 0 Å². The average Bonchev–Trinajstić information content (AvgIpc) is 2.90. The van der Waals surface area contributed by atoms with E-state index in [0.29, 0.717) is 21.5 Å². The first-order chi connectivity index (χ1) is 18.4. The Balaban J connectivity index is 2.09. The van der Waals surface area contributed by atoms with Crippen LogP contribution in [0.4, 0.5) is 11.4 Å². The second-order valence-electron chi connectivity index (χ2n) is 10.0. The van der Waals surface area contributed by atoms with Gasteiger partial charge in [0.2, 0.25) is 0 Å². The monoisotopic (exact) mass is 568 g/mol. The molecule has 4 aromatic carbocycles. The maximum absolute atomic E-state index is 14.7. The van der Waals surface area contributed by atoms with E-state index in [1.54, 1.807) is 36.4 Å². The zero-order valence-corrected chi connectivity index (χ0v) is 24.4. The minimum Gasteiger partial charge on any atom is -0.377 e. The van der Waals surface area contributed by atoms with Crippen molar-refractivity contribution in [3.63, 3.8) is 0 Å². The van der Waals surface area contributed by atoms with Crippen molar-refractivity contribution in [2.75, 3.05) is 51.1 Å². The van der Waals surface area contributed by atoms with Crippen molar-refractivity contribution in [2.24, 2.45) is 11.5 Å². The molecule has 0 amide bonds. The lowest BCUT2D eigenvalue weighted by Gasteiger charge is -2.33. The van der Waals surface area contributed by atoms with Gasteiger partial charge < -0.3 is 21.3 Å². The van der Waals surface area contributed by atoms with Crippen molar-refractivity contribution in [1.82, 2.24) is 0 Å². The molecule has 8 nitrogen and oxygen atoms in total. The molecule has 0 heterocycles. The summed E-state index contributed by atoms with van der Waals surface area (Å²) in [6, 6.07) is 20.6. The normalized spacial score (nSPS) is 12.7. The maximum atomic E-state index is 14.7. The first kappa shape index (κ1) is 28.8. The van der Waals surface area contributed by atoms with Gasteiger partial charge in [-0.3, -0.25) is 0 Å². The highest BCUT2D eigenvalue weighted by molar-refractivity contribution is 8.10. The second kappa shape index (κ2) is 10.8. The largest absolute Gasteiger partial charge is 0.377 e. The Hall–Kier alpha value is -3.18. The predicted octanol–water partition coefficient (Wildman–Crippen LogP) is 3.77. The standard InChI is InChI=1S/C29H36N4O4S2/c1-32(2)25-13-5-11-23-21(25)9-7-15-27(23)38(34,35)29(17-19-30,18-20-31)39(36,37)28-16-8-10-22-24(28)12-6-14-26(22)33(3)4/h5-16H,17-20,30-31H2,1-4H3. The third-order valence-corrected chi connectivity index (χ3v) is 13.3. The fraction of sp³-hybridized carbons (Fsp3) is 0.310. The van der Waals surface area contributed by atoms with Crippen LogP contribution in [-0.4, -0.2) is 62.2 Å². The minimum absolute atomic E-state index is 0.0524. The highest BCUT2D eigenvalue weighted by Crippen LogP contribution is 2.45. The quantitative estimate of drug-likeness (QED) is 0.296. The van der Waals surface area contributed by atoms with Crippen LogP contribution in [0.5, 0.6) is 0 Å². The summed E-state index contributed by atoms with van der Waals surface area (Å²) in [6.07, 6.45) is -0.606. The van der Waals surface area contributed by atoms with Crippen LogP contribution in [0.1, 0.15) is 12.8 Å². The first-order valence-electron chi connectivity index (χ1n) is 12.7. The van der Waals surface area contributed by atoms with Crippen molar-refractivity contribution in [3.05, 3.63) is 72.8 Å². The van der Waals surface area contributed by atoms with E-state index in [1.165, 1.54) is 12.1 Å². The molecule has 0 atom stereocenters. The Morgan fingerprint density at radius 3 is 1.23 bits per heavy atom. The van der Waals surface area contributed by atoms with E-state index >= 15 is 0 Å². The van der Waals surface area contributed by atoms with Gasteiger partial charge in [-0.15, -0.1) is 0 Å². The van der Waals surface area contributed by atoms with Gasteiger partial charge in [-0.05, 0) is 50.2 Å². The van der Waals surface area contributed by atoms with Crippen molar-refractivity contribution in [1.29, 1.82) is 0 Å². The summed E-state index contributed by atoms with van der Waals surface area (Å²) in [6.45, 7) is -0.306. The Labute approximate surface area is 231 Å². The molecule has 0 aliphatic heterocycles. The highest BCUT2D eigenvalue weighted by atomic mass is 32.3. The Morgan fingerprint density at radius 1 is 0.564 bits per heavy atom. The van der Waals surface area contributed by atoms with Gasteiger partial charge in [0.15, 0.2) is 23.8 Å². The zero-order chi connectivity index (χ0) is 28.6. The summed E-state index contributed by atoms with van der Waals surface area (Å²) in [7, 11) is -1.58. The molecule has 4 N–H and O–H groups in total. The van der Waals surface area contributed by atoms with Gasteiger partial charge in [0.25, 0.3) is 0 Å². The number of fused-ring (bicyclic) bond motifs is 2. The fourth-order valence-electron chi connectivity index (χ4n) is 5.43. The molecule has 4 aromatic rings. The van der Waals surface area contributed by atoms with Crippen LogP contribution in [0.25, 0.3) is 21.5 Å². The topological polar surface area (TPSA) is 127 Å². The number of sulfone groups is 2. The zero-order valence-electron chi connectivity index (χ0n) is 22.8. The molecule has 0 fully saturated rings. The molecule has 0 aromatic heterocycles. The third kappa shape index (κ3) is 4.55. The van der Waals surface area contributed by atoms with Gasteiger partial charge in [-0.1, -0.05) is 48.5 Å². The lowest BCUT2D eigenvalue weighted by atomic mass is 10.1. The molecule has 0 saturated carbocycles. The molecule has 0 spiro atoms. The molecular weight excluding hydrogens is 532 g/mol. The van der Waals surface area contributed by atoms with Crippen LogP contribution < -0.4 is 21.3 Å². The molecule has 208 valence electrons. The van der Waals surface area contributed by atoms with E-state index in [1.807, 2.05) is 62.3 Å². The van der Waals surface area contributed by atoms with Crippen LogP contribution in [0.15, 0.2) is 82.6 Å². The lowest BCUT2D eigenvalue weighted by Crippen LogP contribution is -2.49. The van der Waals surface area contributed by atoms with Crippen molar-refractivity contribution >= 4 is 52.6 Å². The second-order valence-corrected chi connectivity index (χ2v) is 14.8. The number of nitrogens with two attached hydrogens (primary N) is 2. The fourth-order valence-corrected chi connectivity index (χ4v) is 10.9. The lowest BCUT2D eigenvalue weighted by molar-refractivity contribution is 0.512. The number of hydrogen-bond acceptors (Lipinski definition) is 8. The number of anilines is 2. The van der Waals surface area contributed by atoms with E-state index in [0.717, 1.165) is 11.4 Å². The highest BCUT2D eigenvalue weighted by Gasteiger charge is 2.55. The molecule has 0 aliphatic rings. The smallest absolute Gasteiger partial charge is 0.199 e. The Kier molecular flexibility index (Phi) is 7.96. The summed E-state index contributed by atoms with van der Waals surface area (Å²) in [4.78, 5) is 3.67.